The van der Waals surface area contributed by atoms with Crippen LogP contribution in [0.2, 0.25) is 0 Å². The molecule has 88 valence electrons. The molecular weight excluding hydrogens is 220 g/mol. The molecule has 2 heterocycles. The van der Waals surface area contributed by atoms with Gasteiger partial charge in [0.25, 0.3) is 0 Å². The van der Waals surface area contributed by atoms with E-state index in [0.717, 1.165) is 12.1 Å². The summed E-state index contributed by atoms with van der Waals surface area (Å²) in [7, 11) is 0. The SMILES string of the molecule is C1=Nc2ccccc2C1C1Cc2ccccc2N1. The Hall–Kier alpha value is -2.09. The van der Waals surface area contributed by atoms with E-state index in [1.165, 1.54) is 16.8 Å². The molecule has 2 atom stereocenters. The molecule has 0 fully saturated rings. The fraction of sp³-hybridized carbons (Fsp3) is 0.188. The highest BCUT2D eigenvalue weighted by Gasteiger charge is 2.31. The number of para-hydroxylation sites is 2. The Kier molecular flexibility index (Phi) is 2.04. The monoisotopic (exact) mass is 234 g/mol. The van der Waals surface area contributed by atoms with Gasteiger partial charge in [0, 0.05) is 23.9 Å². The molecule has 0 amide bonds. The van der Waals surface area contributed by atoms with Gasteiger partial charge in [0.2, 0.25) is 0 Å². The quantitative estimate of drug-likeness (QED) is 0.802. The number of anilines is 1. The maximum Gasteiger partial charge on any atom is 0.0665 e. The summed E-state index contributed by atoms with van der Waals surface area (Å²) in [5.74, 6) is 0.397. The molecule has 0 bridgehead atoms. The van der Waals surface area contributed by atoms with E-state index in [0.29, 0.717) is 12.0 Å². The number of hydrogen-bond acceptors (Lipinski definition) is 2. The minimum Gasteiger partial charge on any atom is -0.381 e. The Morgan fingerprint density at radius 1 is 1.00 bits per heavy atom. The summed E-state index contributed by atoms with van der Waals surface area (Å²) >= 11 is 0. The molecule has 0 aliphatic carbocycles. The van der Waals surface area contributed by atoms with E-state index in [1.54, 1.807) is 0 Å². The molecule has 0 aromatic heterocycles. The van der Waals surface area contributed by atoms with E-state index < -0.39 is 0 Å². The lowest BCUT2D eigenvalue weighted by molar-refractivity contribution is 0.715. The molecule has 0 saturated carbocycles. The minimum atomic E-state index is 0.397. The average Bonchev–Trinajstić information content (AvgIpc) is 3.02. The standard InChI is InChI=1S/C16H14N2/c1-3-7-14-11(5-1)9-16(18-14)13-10-17-15-8-4-2-6-12(13)15/h1-8,10,13,16,18H,9H2. The lowest BCUT2D eigenvalue weighted by Crippen LogP contribution is -2.24. The number of hydrogen-bond donors (Lipinski definition) is 1. The van der Waals surface area contributed by atoms with E-state index in [9.17, 15) is 0 Å². The first-order chi connectivity index (χ1) is 8.92. The Balaban J connectivity index is 1.67. The van der Waals surface area contributed by atoms with Crippen molar-refractivity contribution in [2.75, 3.05) is 5.32 Å². The molecule has 4 rings (SSSR count). The molecule has 0 radical (unpaired) electrons. The molecule has 0 spiro atoms. The van der Waals surface area contributed by atoms with Gasteiger partial charge in [-0.3, -0.25) is 4.99 Å². The molecule has 1 N–H and O–H groups in total. The Morgan fingerprint density at radius 2 is 1.83 bits per heavy atom. The van der Waals surface area contributed by atoms with Gasteiger partial charge in [0.1, 0.15) is 0 Å². The molecule has 2 unspecified atom stereocenters. The van der Waals surface area contributed by atoms with Crippen molar-refractivity contribution in [2.24, 2.45) is 4.99 Å². The van der Waals surface area contributed by atoms with Crippen LogP contribution in [-0.2, 0) is 6.42 Å². The number of fused-ring (bicyclic) bond motifs is 2. The minimum absolute atomic E-state index is 0.397. The van der Waals surface area contributed by atoms with Gasteiger partial charge >= 0.3 is 0 Å². The molecule has 2 nitrogen and oxygen atoms in total. The van der Waals surface area contributed by atoms with Gasteiger partial charge in [0.15, 0.2) is 0 Å². The van der Waals surface area contributed by atoms with Gasteiger partial charge in [-0.25, -0.2) is 0 Å². The van der Waals surface area contributed by atoms with Crippen molar-refractivity contribution in [3.05, 3.63) is 59.7 Å². The summed E-state index contributed by atoms with van der Waals surface area (Å²) in [6.07, 6.45) is 3.18. The molecule has 2 aromatic rings. The maximum atomic E-state index is 4.52. The molecule has 2 aromatic carbocycles. The largest absolute Gasteiger partial charge is 0.381 e. The predicted octanol–water partition coefficient (Wildman–Crippen LogP) is 3.52. The third kappa shape index (κ3) is 1.39. The Bertz CT molecular complexity index is 605. The summed E-state index contributed by atoms with van der Waals surface area (Å²) in [5.41, 5.74) is 5.17. The topological polar surface area (TPSA) is 24.4 Å². The zero-order valence-electron chi connectivity index (χ0n) is 10.0. The first kappa shape index (κ1) is 9.89. The molecule has 2 aliphatic rings. The summed E-state index contributed by atoms with van der Waals surface area (Å²) in [4.78, 5) is 4.52. The number of nitrogens with zero attached hydrogens (tertiary/aromatic N) is 1. The molecule has 2 heteroatoms. The van der Waals surface area contributed by atoms with Crippen molar-refractivity contribution in [2.45, 2.75) is 18.4 Å². The zero-order valence-corrected chi connectivity index (χ0v) is 10.0. The van der Waals surface area contributed by atoms with Crippen molar-refractivity contribution in [1.82, 2.24) is 0 Å². The normalized spacial score (nSPS) is 23.6. The Labute approximate surface area is 106 Å². The Morgan fingerprint density at radius 3 is 2.78 bits per heavy atom. The van der Waals surface area contributed by atoms with E-state index >= 15 is 0 Å². The maximum absolute atomic E-state index is 4.52. The van der Waals surface area contributed by atoms with Crippen LogP contribution in [0.1, 0.15) is 17.0 Å². The van der Waals surface area contributed by atoms with Crippen LogP contribution in [0.25, 0.3) is 0 Å². The number of nitrogens with one attached hydrogen (secondary N) is 1. The molecule has 18 heavy (non-hydrogen) atoms. The van der Waals surface area contributed by atoms with Gasteiger partial charge in [-0.05, 0) is 29.7 Å². The van der Waals surface area contributed by atoms with Crippen molar-refractivity contribution in [3.63, 3.8) is 0 Å². The van der Waals surface area contributed by atoms with E-state index in [2.05, 4.69) is 65.1 Å². The summed E-state index contributed by atoms with van der Waals surface area (Å²) in [6, 6.07) is 17.4. The molecule has 0 saturated heterocycles. The van der Waals surface area contributed by atoms with Gasteiger partial charge < -0.3 is 5.32 Å². The van der Waals surface area contributed by atoms with Crippen LogP contribution in [0.15, 0.2) is 53.5 Å². The lowest BCUT2D eigenvalue weighted by atomic mass is 9.91. The van der Waals surface area contributed by atoms with E-state index in [4.69, 9.17) is 0 Å². The first-order valence-corrected chi connectivity index (χ1v) is 6.39. The van der Waals surface area contributed by atoms with Crippen molar-refractivity contribution >= 4 is 17.6 Å². The van der Waals surface area contributed by atoms with Crippen LogP contribution in [0, 0.1) is 0 Å². The van der Waals surface area contributed by atoms with Crippen molar-refractivity contribution in [3.8, 4) is 0 Å². The fourth-order valence-corrected chi connectivity index (χ4v) is 2.99. The lowest BCUT2D eigenvalue weighted by Gasteiger charge is -2.18. The number of aliphatic imine (C=N–C) groups is 1. The highest BCUT2D eigenvalue weighted by Crippen LogP contribution is 2.38. The van der Waals surface area contributed by atoms with Crippen LogP contribution >= 0.6 is 0 Å². The van der Waals surface area contributed by atoms with Gasteiger partial charge in [-0.1, -0.05) is 36.4 Å². The van der Waals surface area contributed by atoms with Crippen LogP contribution in [-0.4, -0.2) is 12.3 Å². The third-order valence-corrected chi connectivity index (χ3v) is 3.90. The fourth-order valence-electron chi connectivity index (χ4n) is 2.99. The van der Waals surface area contributed by atoms with Gasteiger partial charge in [-0.2, -0.15) is 0 Å². The van der Waals surface area contributed by atoms with Crippen LogP contribution in [0.3, 0.4) is 0 Å². The van der Waals surface area contributed by atoms with Crippen LogP contribution in [0.5, 0.6) is 0 Å². The number of benzene rings is 2. The summed E-state index contributed by atoms with van der Waals surface area (Å²) in [5, 5.41) is 3.63. The highest BCUT2D eigenvalue weighted by molar-refractivity contribution is 5.82. The third-order valence-electron chi connectivity index (χ3n) is 3.90. The zero-order chi connectivity index (χ0) is 11.9. The van der Waals surface area contributed by atoms with Crippen LogP contribution < -0.4 is 5.32 Å². The predicted molar refractivity (Wildman–Crippen MR) is 74.9 cm³/mol. The van der Waals surface area contributed by atoms with Crippen molar-refractivity contribution < 1.29 is 0 Å². The first-order valence-electron chi connectivity index (χ1n) is 6.39. The second-order valence-electron chi connectivity index (χ2n) is 4.97. The second-order valence-corrected chi connectivity index (χ2v) is 4.97. The second kappa shape index (κ2) is 3.70. The highest BCUT2D eigenvalue weighted by atomic mass is 15.0. The van der Waals surface area contributed by atoms with Crippen LogP contribution in [0.4, 0.5) is 11.4 Å². The molecule has 2 aliphatic heterocycles. The van der Waals surface area contributed by atoms with Crippen molar-refractivity contribution in [1.29, 1.82) is 0 Å². The van der Waals surface area contributed by atoms with Gasteiger partial charge in [0.05, 0.1) is 5.69 Å². The van der Waals surface area contributed by atoms with Gasteiger partial charge in [-0.15, -0.1) is 0 Å². The van der Waals surface area contributed by atoms with E-state index in [1.807, 2.05) is 0 Å². The number of rotatable bonds is 1. The molecular formula is C16H14N2. The smallest absolute Gasteiger partial charge is 0.0665 e. The summed E-state index contributed by atoms with van der Waals surface area (Å²) in [6.45, 7) is 0. The average molecular weight is 234 g/mol. The van der Waals surface area contributed by atoms with E-state index in [-0.39, 0.29) is 0 Å². The summed E-state index contributed by atoms with van der Waals surface area (Å²) < 4.78 is 0.